The molecule has 1 aliphatic rings. The summed E-state index contributed by atoms with van der Waals surface area (Å²) in [4.78, 5) is 29.5. The number of aromatic amines is 2. The van der Waals surface area contributed by atoms with Crippen molar-refractivity contribution in [1.82, 2.24) is 29.5 Å². The van der Waals surface area contributed by atoms with Crippen LogP contribution >= 0.6 is 11.6 Å². The maximum absolute atomic E-state index is 11.4. The summed E-state index contributed by atoms with van der Waals surface area (Å²) in [5.41, 5.74) is 0.467. The van der Waals surface area contributed by atoms with Crippen LogP contribution in [0.1, 0.15) is 18.5 Å². The van der Waals surface area contributed by atoms with Gasteiger partial charge in [-0.15, -0.1) is 0 Å². The first-order valence-electron chi connectivity index (χ1n) is 8.81. The number of hydrogen-bond donors (Lipinski definition) is 3. The second kappa shape index (κ2) is 6.74. The Balaban J connectivity index is 1.68. The van der Waals surface area contributed by atoms with Gasteiger partial charge in [0, 0.05) is 10.2 Å². The lowest BCUT2D eigenvalue weighted by molar-refractivity contribution is 0.435. The van der Waals surface area contributed by atoms with E-state index in [0.717, 1.165) is 12.8 Å². The molecule has 1 aliphatic carbocycles. The molecule has 3 aromatic heterocycles. The predicted octanol–water partition coefficient (Wildman–Crippen LogP) is 0.903. The topological polar surface area (TPSA) is 134 Å². The van der Waals surface area contributed by atoms with Crippen molar-refractivity contribution in [3.05, 3.63) is 62.5 Å². The van der Waals surface area contributed by atoms with E-state index in [2.05, 4.69) is 30.0 Å². The zero-order valence-corrected chi connectivity index (χ0v) is 15.6. The molecule has 0 saturated heterocycles. The van der Waals surface area contributed by atoms with Gasteiger partial charge in [0.1, 0.15) is 11.4 Å². The minimum atomic E-state index is -0.519. The van der Waals surface area contributed by atoms with Gasteiger partial charge in [0.15, 0.2) is 5.65 Å². The lowest BCUT2D eigenvalue weighted by atomic mass is 10.3. The van der Waals surface area contributed by atoms with E-state index in [1.165, 1.54) is 4.52 Å². The van der Waals surface area contributed by atoms with Crippen molar-refractivity contribution in [3.8, 4) is 17.6 Å². The zero-order valence-electron chi connectivity index (χ0n) is 14.8. The van der Waals surface area contributed by atoms with Gasteiger partial charge in [-0.1, -0.05) is 17.7 Å². The highest BCUT2D eigenvalue weighted by atomic mass is 35.5. The smallest absolute Gasteiger partial charge is 0.327 e. The first-order chi connectivity index (χ1) is 14.0. The molecule has 29 heavy (non-hydrogen) atoms. The lowest BCUT2D eigenvalue weighted by Crippen LogP contribution is -2.23. The number of nitrogens with zero attached hydrogens (tertiary/aromatic N) is 5. The molecule has 3 heterocycles. The van der Waals surface area contributed by atoms with E-state index in [9.17, 15) is 9.90 Å². The minimum absolute atomic E-state index is 0.0844. The van der Waals surface area contributed by atoms with Crippen LogP contribution in [0, 0.1) is 0 Å². The minimum Gasteiger partial charge on any atom is -0.493 e. The molecule has 5 rings (SSSR count). The lowest BCUT2D eigenvalue weighted by Gasteiger charge is -2.04. The summed E-state index contributed by atoms with van der Waals surface area (Å²) in [6.07, 6.45) is 5.08. The second-order valence-corrected chi connectivity index (χ2v) is 6.98. The summed E-state index contributed by atoms with van der Waals surface area (Å²) < 4.78 is 7.27. The summed E-state index contributed by atoms with van der Waals surface area (Å²) in [6.45, 7) is 0. The van der Waals surface area contributed by atoms with E-state index < -0.39 is 5.69 Å². The number of rotatable bonds is 4. The number of aromatic nitrogens is 6. The standard InChI is InChI=1S/C18H14ClN7O3/c19-10-2-1-3-12(7-10)29-18-23-14-9(6-13-15(27)24-17(28)22-13)8-20-26(14)16(25-18)21-11-4-5-11/h1-3,6-8,11,27H,4-5H2,(H2,22,24,28)/b9-6+,21-16?. The number of nitrogens with one attached hydrogen (secondary N) is 2. The summed E-state index contributed by atoms with van der Waals surface area (Å²) in [6, 6.07) is 7.17. The number of hydrogen-bond acceptors (Lipinski definition) is 7. The Labute approximate surface area is 167 Å². The van der Waals surface area contributed by atoms with Gasteiger partial charge in [-0.25, -0.2) is 9.79 Å². The van der Waals surface area contributed by atoms with E-state index in [1.807, 2.05) is 0 Å². The first-order valence-corrected chi connectivity index (χ1v) is 9.19. The van der Waals surface area contributed by atoms with Crippen LogP contribution in [0.5, 0.6) is 17.6 Å². The molecule has 1 saturated carbocycles. The molecular formula is C18H14ClN7O3. The molecule has 1 aromatic carbocycles. The SMILES string of the molecule is O=c1[nH]c(O)c(/C=c2\cnn3c(=NC4CC4)nc(Oc4cccc(Cl)c4)nc23)[nH]1. The Bertz CT molecular complexity index is 1400. The monoisotopic (exact) mass is 411 g/mol. The molecule has 11 heteroatoms. The average Bonchev–Trinajstić information content (AvgIpc) is 3.31. The maximum Gasteiger partial charge on any atom is 0.327 e. The molecule has 0 bridgehead atoms. The first kappa shape index (κ1) is 17.4. The van der Waals surface area contributed by atoms with Gasteiger partial charge < -0.3 is 14.8 Å². The molecule has 146 valence electrons. The summed E-state index contributed by atoms with van der Waals surface area (Å²) >= 11 is 6.02. The van der Waals surface area contributed by atoms with Crippen LogP contribution in [0.3, 0.4) is 0 Å². The molecule has 0 spiro atoms. The molecule has 4 aromatic rings. The van der Waals surface area contributed by atoms with Crippen LogP contribution in [0.25, 0.3) is 11.7 Å². The average molecular weight is 412 g/mol. The van der Waals surface area contributed by atoms with Crippen LogP contribution in [0.2, 0.25) is 5.02 Å². The third-order valence-electron chi connectivity index (χ3n) is 4.24. The second-order valence-electron chi connectivity index (χ2n) is 6.55. The molecule has 10 nitrogen and oxygen atoms in total. The maximum atomic E-state index is 11.4. The fraction of sp³-hybridized carbons (Fsp3) is 0.167. The number of halogens is 1. The van der Waals surface area contributed by atoms with E-state index in [4.69, 9.17) is 16.3 Å². The van der Waals surface area contributed by atoms with Crippen molar-refractivity contribution in [1.29, 1.82) is 0 Å². The fourth-order valence-corrected chi connectivity index (χ4v) is 2.92. The van der Waals surface area contributed by atoms with Crippen molar-refractivity contribution in [2.45, 2.75) is 18.9 Å². The van der Waals surface area contributed by atoms with Crippen molar-refractivity contribution < 1.29 is 9.84 Å². The molecule has 0 unspecified atom stereocenters. The van der Waals surface area contributed by atoms with Gasteiger partial charge in [-0.3, -0.25) is 4.98 Å². The Morgan fingerprint density at radius 1 is 1.31 bits per heavy atom. The Morgan fingerprint density at radius 3 is 2.90 bits per heavy atom. The van der Waals surface area contributed by atoms with Crippen molar-refractivity contribution in [2.24, 2.45) is 4.99 Å². The number of imidazole rings is 1. The van der Waals surface area contributed by atoms with Crippen molar-refractivity contribution in [3.63, 3.8) is 0 Å². The highest BCUT2D eigenvalue weighted by molar-refractivity contribution is 6.30. The van der Waals surface area contributed by atoms with Crippen LogP contribution in [0.4, 0.5) is 0 Å². The largest absolute Gasteiger partial charge is 0.493 e. The van der Waals surface area contributed by atoms with E-state index in [-0.39, 0.29) is 23.6 Å². The Kier molecular flexibility index (Phi) is 4.06. The summed E-state index contributed by atoms with van der Waals surface area (Å²) in [5, 5.41) is 15.2. The van der Waals surface area contributed by atoms with Crippen LogP contribution in [0.15, 0.2) is 40.2 Å². The Morgan fingerprint density at radius 2 is 2.17 bits per heavy atom. The third kappa shape index (κ3) is 3.57. The van der Waals surface area contributed by atoms with E-state index in [1.54, 1.807) is 36.5 Å². The Hall–Kier alpha value is -3.66. The molecule has 0 amide bonds. The highest BCUT2D eigenvalue weighted by Gasteiger charge is 2.21. The number of ether oxygens (including phenoxy) is 1. The van der Waals surface area contributed by atoms with Gasteiger partial charge in [0.05, 0.1) is 12.2 Å². The number of aromatic hydroxyl groups is 1. The van der Waals surface area contributed by atoms with Gasteiger partial charge in [-0.2, -0.15) is 19.6 Å². The molecular weight excluding hydrogens is 398 g/mol. The number of H-pyrrole nitrogens is 2. The summed E-state index contributed by atoms with van der Waals surface area (Å²) in [7, 11) is 0. The summed E-state index contributed by atoms with van der Waals surface area (Å²) in [5.74, 6) is 0.207. The van der Waals surface area contributed by atoms with Gasteiger partial charge in [0.2, 0.25) is 5.88 Å². The fourth-order valence-electron chi connectivity index (χ4n) is 2.74. The van der Waals surface area contributed by atoms with Crippen LogP contribution in [-0.2, 0) is 0 Å². The zero-order chi connectivity index (χ0) is 20.0. The van der Waals surface area contributed by atoms with Crippen LogP contribution in [-0.4, -0.2) is 40.7 Å². The molecule has 3 N–H and O–H groups in total. The van der Waals surface area contributed by atoms with Gasteiger partial charge in [-0.05, 0) is 37.1 Å². The normalized spacial score (nSPS) is 15.3. The van der Waals surface area contributed by atoms with Gasteiger partial charge >= 0.3 is 11.7 Å². The number of fused-ring (bicyclic) bond motifs is 1. The molecule has 0 atom stereocenters. The van der Waals surface area contributed by atoms with Crippen molar-refractivity contribution >= 4 is 23.3 Å². The third-order valence-corrected chi connectivity index (χ3v) is 4.48. The van der Waals surface area contributed by atoms with Gasteiger partial charge in [0.25, 0.3) is 5.62 Å². The van der Waals surface area contributed by atoms with E-state index in [0.29, 0.717) is 27.3 Å². The molecule has 0 radical (unpaired) electrons. The van der Waals surface area contributed by atoms with E-state index >= 15 is 0 Å². The quantitative estimate of drug-likeness (QED) is 0.457. The highest BCUT2D eigenvalue weighted by Crippen LogP contribution is 2.23. The predicted molar refractivity (Wildman–Crippen MR) is 103 cm³/mol. The van der Waals surface area contributed by atoms with Crippen molar-refractivity contribution in [2.75, 3.05) is 0 Å². The molecule has 0 aliphatic heterocycles. The van der Waals surface area contributed by atoms with Crippen LogP contribution < -0.4 is 21.3 Å². The number of benzene rings is 1. The molecule has 1 fully saturated rings.